The second-order valence-electron chi connectivity index (χ2n) is 4.97. The van der Waals surface area contributed by atoms with Gasteiger partial charge in [0.1, 0.15) is 5.60 Å². The van der Waals surface area contributed by atoms with Crippen LogP contribution in [0.4, 0.5) is 0 Å². The summed E-state index contributed by atoms with van der Waals surface area (Å²) in [7, 11) is 0. The lowest BCUT2D eigenvalue weighted by atomic mass is 9.90. The summed E-state index contributed by atoms with van der Waals surface area (Å²) < 4.78 is 0. The quantitative estimate of drug-likeness (QED) is 0.817. The highest BCUT2D eigenvalue weighted by Crippen LogP contribution is 2.21. The van der Waals surface area contributed by atoms with Crippen LogP contribution in [-0.4, -0.2) is 41.1 Å². The van der Waals surface area contributed by atoms with Crippen molar-refractivity contribution in [2.45, 2.75) is 24.9 Å². The minimum absolute atomic E-state index is 0.442. The fraction of sp³-hybridized carbons (Fsp3) is 0.500. The van der Waals surface area contributed by atoms with Crippen molar-refractivity contribution in [1.82, 2.24) is 4.90 Å². The van der Waals surface area contributed by atoms with Gasteiger partial charge in [0, 0.05) is 19.6 Å². The van der Waals surface area contributed by atoms with Crippen LogP contribution < -0.4 is 5.73 Å². The maximum absolute atomic E-state index is 11.1. The van der Waals surface area contributed by atoms with E-state index < -0.39 is 11.5 Å². The Hall–Kier alpha value is -1.39. The van der Waals surface area contributed by atoms with Gasteiger partial charge in [0.15, 0.2) is 0 Å². The monoisotopic (exact) mass is 248 g/mol. The molecule has 4 nitrogen and oxygen atoms in total. The molecule has 0 atom stereocenters. The number of likely N-dealkylation sites (tertiary alicyclic amines) is 1. The maximum atomic E-state index is 11.1. The molecule has 1 aromatic rings. The van der Waals surface area contributed by atoms with Gasteiger partial charge in [0.25, 0.3) is 0 Å². The Balaban J connectivity index is 1.79. The molecule has 1 aromatic carbocycles. The van der Waals surface area contributed by atoms with Gasteiger partial charge in [0.05, 0.1) is 0 Å². The smallest absolute Gasteiger partial charge is 0.249 e. The zero-order valence-corrected chi connectivity index (χ0v) is 10.5. The summed E-state index contributed by atoms with van der Waals surface area (Å²) in [5, 5.41) is 9.95. The van der Waals surface area contributed by atoms with Crippen LogP contribution >= 0.6 is 0 Å². The minimum Gasteiger partial charge on any atom is -0.380 e. The predicted molar refractivity (Wildman–Crippen MR) is 70.0 cm³/mol. The molecule has 2 rings (SSSR count). The molecule has 1 saturated heterocycles. The number of rotatable bonds is 4. The summed E-state index contributed by atoms with van der Waals surface area (Å²) in [5.41, 5.74) is 5.23. The molecule has 18 heavy (non-hydrogen) atoms. The number of primary amides is 1. The normalized spacial score (nSPS) is 19.6. The molecule has 3 N–H and O–H groups in total. The number of carbonyl (C=O) groups is 1. The molecule has 0 bridgehead atoms. The number of aliphatic hydroxyl groups is 1. The molecule has 98 valence electrons. The Morgan fingerprint density at radius 1 is 1.28 bits per heavy atom. The van der Waals surface area contributed by atoms with E-state index in [-0.39, 0.29) is 0 Å². The molecule has 0 unspecified atom stereocenters. The first-order valence-electron chi connectivity index (χ1n) is 6.39. The zero-order valence-electron chi connectivity index (χ0n) is 10.5. The van der Waals surface area contributed by atoms with Gasteiger partial charge in [-0.15, -0.1) is 0 Å². The SMILES string of the molecule is NC(=O)C1(O)CCN(CCc2ccccc2)CC1. The first-order valence-corrected chi connectivity index (χ1v) is 6.39. The lowest BCUT2D eigenvalue weighted by Crippen LogP contribution is -2.52. The average Bonchev–Trinajstić information content (AvgIpc) is 2.39. The Bertz CT molecular complexity index is 398. The second-order valence-corrected chi connectivity index (χ2v) is 4.97. The summed E-state index contributed by atoms with van der Waals surface area (Å²) in [5.74, 6) is -0.592. The van der Waals surface area contributed by atoms with Crippen LogP contribution in [0.25, 0.3) is 0 Å². The first kappa shape index (κ1) is 13.1. The molecular formula is C14H20N2O2. The molecule has 1 aliphatic rings. The fourth-order valence-corrected chi connectivity index (χ4v) is 2.32. The third-order valence-electron chi connectivity index (χ3n) is 3.70. The molecule has 1 heterocycles. The number of hydrogen-bond acceptors (Lipinski definition) is 3. The molecule has 0 radical (unpaired) electrons. The zero-order chi connectivity index (χ0) is 13.0. The van der Waals surface area contributed by atoms with E-state index in [9.17, 15) is 9.90 Å². The Morgan fingerprint density at radius 2 is 1.89 bits per heavy atom. The van der Waals surface area contributed by atoms with Crippen molar-refractivity contribution < 1.29 is 9.90 Å². The maximum Gasteiger partial charge on any atom is 0.249 e. The van der Waals surface area contributed by atoms with Crippen molar-refractivity contribution in [2.75, 3.05) is 19.6 Å². The molecule has 0 aromatic heterocycles. The van der Waals surface area contributed by atoms with Gasteiger partial charge >= 0.3 is 0 Å². The predicted octanol–water partition coefficient (Wildman–Crippen LogP) is 0.541. The van der Waals surface area contributed by atoms with Gasteiger partial charge in [-0.25, -0.2) is 0 Å². The summed E-state index contributed by atoms with van der Waals surface area (Å²) in [4.78, 5) is 13.4. The number of carbonyl (C=O) groups excluding carboxylic acids is 1. The molecule has 0 saturated carbocycles. The van der Waals surface area contributed by atoms with Crippen molar-refractivity contribution in [3.8, 4) is 0 Å². The molecule has 1 fully saturated rings. The largest absolute Gasteiger partial charge is 0.380 e. The standard InChI is InChI=1S/C14H20N2O2/c15-13(17)14(18)7-10-16(11-8-14)9-6-12-4-2-1-3-5-12/h1-5,18H,6-11H2,(H2,15,17). The van der Waals surface area contributed by atoms with Crippen LogP contribution in [0.3, 0.4) is 0 Å². The van der Waals surface area contributed by atoms with E-state index in [0.29, 0.717) is 12.8 Å². The van der Waals surface area contributed by atoms with Crippen LogP contribution in [-0.2, 0) is 11.2 Å². The van der Waals surface area contributed by atoms with Gasteiger partial charge in [-0.3, -0.25) is 4.79 Å². The van der Waals surface area contributed by atoms with Crippen molar-refractivity contribution >= 4 is 5.91 Å². The third kappa shape index (κ3) is 3.09. The van der Waals surface area contributed by atoms with E-state index in [1.165, 1.54) is 5.56 Å². The number of hydrogen-bond donors (Lipinski definition) is 2. The number of nitrogens with zero attached hydrogens (tertiary/aromatic N) is 1. The summed E-state index contributed by atoms with van der Waals surface area (Å²) in [6.07, 6.45) is 1.88. The minimum atomic E-state index is -1.29. The molecular weight excluding hydrogens is 228 g/mol. The molecule has 1 amide bonds. The van der Waals surface area contributed by atoms with E-state index in [4.69, 9.17) is 5.73 Å². The van der Waals surface area contributed by atoms with Crippen molar-refractivity contribution in [2.24, 2.45) is 5.73 Å². The van der Waals surface area contributed by atoms with E-state index >= 15 is 0 Å². The highest BCUT2D eigenvalue weighted by Gasteiger charge is 2.37. The number of nitrogens with two attached hydrogens (primary N) is 1. The van der Waals surface area contributed by atoms with Gasteiger partial charge in [0.2, 0.25) is 5.91 Å². The molecule has 0 aliphatic carbocycles. The lowest BCUT2D eigenvalue weighted by molar-refractivity contribution is -0.141. The molecule has 1 aliphatic heterocycles. The van der Waals surface area contributed by atoms with E-state index in [2.05, 4.69) is 17.0 Å². The van der Waals surface area contributed by atoms with Gasteiger partial charge in [-0.1, -0.05) is 30.3 Å². The summed E-state index contributed by atoms with van der Waals surface area (Å²) in [6, 6.07) is 10.3. The third-order valence-corrected chi connectivity index (χ3v) is 3.70. The van der Waals surface area contributed by atoms with E-state index in [1.807, 2.05) is 18.2 Å². The highest BCUT2D eigenvalue weighted by molar-refractivity contribution is 5.83. The summed E-state index contributed by atoms with van der Waals surface area (Å²) in [6.45, 7) is 2.41. The average molecular weight is 248 g/mol. The van der Waals surface area contributed by atoms with Gasteiger partial charge in [-0.2, -0.15) is 0 Å². The highest BCUT2D eigenvalue weighted by atomic mass is 16.3. The van der Waals surface area contributed by atoms with Gasteiger partial charge in [-0.05, 0) is 24.8 Å². The first-order chi connectivity index (χ1) is 8.60. The van der Waals surface area contributed by atoms with Crippen molar-refractivity contribution in [1.29, 1.82) is 0 Å². The van der Waals surface area contributed by atoms with Crippen molar-refractivity contribution in [3.05, 3.63) is 35.9 Å². The van der Waals surface area contributed by atoms with Crippen LogP contribution in [0.2, 0.25) is 0 Å². The molecule has 0 spiro atoms. The number of benzene rings is 1. The Morgan fingerprint density at radius 3 is 2.44 bits per heavy atom. The van der Waals surface area contributed by atoms with E-state index in [1.54, 1.807) is 0 Å². The van der Waals surface area contributed by atoms with Crippen LogP contribution in [0.1, 0.15) is 18.4 Å². The van der Waals surface area contributed by atoms with Crippen molar-refractivity contribution in [3.63, 3.8) is 0 Å². The lowest BCUT2D eigenvalue weighted by Gasteiger charge is -2.36. The second kappa shape index (κ2) is 5.50. The Labute approximate surface area is 107 Å². The van der Waals surface area contributed by atoms with Gasteiger partial charge < -0.3 is 15.7 Å². The van der Waals surface area contributed by atoms with Crippen LogP contribution in [0, 0.1) is 0 Å². The van der Waals surface area contributed by atoms with E-state index in [0.717, 1.165) is 26.1 Å². The molecule has 4 heteroatoms. The van der Waals surface area contributed by atoms with Crippen LogP contribution in [0.15, 0.2) is 30.3 Å². The number of piperidine rings is 1. The van der Waals surface area contributed by atoms with Crippen LogP contribution in [0.5, 0.6) is 0 Å². The topological polar surface area (TPSA) is 66.6 Å². The summed E-state index contributed by atoms with van der Waals surface area (Å²) >= 11 is 0. The number of amides is 1. The fourth-order valence-electron chi connectivity index (χ4n) is 2.32. The Kier molecular flexibility index (Phi) is 3.99.